The zero-order chi connectivity index (χ0) is 11.1. The third-order valence-electron chi connectivity index (χ3n) is 2.74. The Morgan fingerprint density at radius 2 is 2.31 bits per heavy atom. The highest BCUT2D eigenvalue weighted by Gasteiger charge is 2.17. The Labute approximate surface area is 96.8 Å². The van der Waals surface area contributed by atoms with E-state index < -0.39 is 0 Å². The van der Waals surface area contributed by atoms with Crippen molar-refractivity contribution in [1.29, 1.82) is 0 Å². The molecule has 0 spiro atoms. The Morgan fingerprint density at radius 3 is 3.06 bits per heavy atom. The van der Waals surface area contributed by atoms with Crippen molar-refractivity contribution in [3.63, 3.8) is 0 Å². The topological polar surface area (TPSA) is 24.4 Å². The lowest BCUT2D eigenvalue weighted by Crippen LogP contribution is -2.19. The molecule has 82 valence electrons. The molecule has 1 aliphatic heterocycles. The number of fused-ring (bicyclic) bond motifs is 1. The fourth-order valence-corrected chi connectivity index (χ4v) is 3.10. The SMILES string of the molecule is Cc1sc2ccc(F)cc2c1C1=NCCN1. The number of rotatable bonds is 1. The maximum atomic E-state index is 13.3. The number of benzene rings is 1. The minimum atomic E-state index is -0.190. The third-order valence-corrected chi connectivity index (χ3v) is 3.82. The Morgan fingerprint density at radius 1 is 1.44 bits per heavy atom. The van der Waals surface area contributed by atoms with E-state index in [0.717, 1.165) is 34.6 Å². The van der Waals surface area contributed by atoms with E-state index in [0.29, 0.717) is 0 Å². The molecule has 0 radical (unpaired) electrons. The fourth-order valence-electron chi connectivity index (χ4n) is 2.05. The van der Waals surface area contributed by atoms with Crippen LogP contribution in [0.5, 0.6) is 0 Å². The Kier molecular flexibility index (Phi) is 2.17. The molecule has 2 aromatic rings. The van der Waals surface area contributed by atoms with Gasteiger partial charge in [-0.05, 0) is 25.1 Å². The number of hydrogen-bond acceptors (Lipinski definition) is 3. The van der Waals surface area contributed by atoms with Crippen LogP contribution in [0.25, 0.3) is 10.1 Å². The molecule has 16 heavy (non-hydrogen) atoms. The predicted molar refractivity (Wildman–Crippen MR) is 65.9 cm³/mol. The molecular formula is C12H11FN2S. The summed E-state index contributed by atoms with van der Waals surface area (Å²) in [4.78, 5) is 5.60. The second-order valence-corrected chi connectivity index (χ2v) is 5.09. The summed E-state index contributed by atoms with van der Waals surface area (Å²) in [6, 6.07) is 4.93. The van der Waals surface area contributed by atoms with Crippen molar-refractivity contribution in [2.24, 2.45) is 4.99 Å². The van der Waals surface area contributed by atoms with E-state index in [-0.39, 0.29) is 5.82 Å². The summed E-state index contributed by atoms with van der Waals surface area (Å²) in [6.45, 7) is 3.74. The second kappa shape index (κ2) is 3.56. The van der Waals surface area contributed by atoms with Crippen LogP contribution in [-0.4, -0.2) is 18.9 Å². The van der Waals surface area contributed by atoms with E-state index in [1.54, 1.807) is 17.4 Å². The summed E-state index contributed by atoms with van der Waals surface area (Å²) >= 11 is 1.69. The molecule has 0 atom stereocenters. The highest BCUT2D eigenvalue weighted by Crippen LogP contribution is 2.31. The third kappa shape index (κ3) is 1.41. The molecule has 1 aromatic heterocycles. The lowest BCUT2D eigenvalue weighted by atomic mass is 10.1. The lowest BCUT2D eigenvalue weighted by molar-refractivity contribution is 0.630. The van der Waals surface area contributed by atoms with Gasteiger partial charge in [0.2, 0.25) is 0 Å². The van der Waals surface area contributed by atoms with Crippen LogP contribution in [0.1, 0.15) is 10.4 Å². The van der Waals surface area contributed by atoms with Gasteiger partial charge in [-0.25, -0.2) is 4.39 Å². The van der Waals surface area contributed by atoms with Gasteiger partial charge in [-0.15, -0.1) is 11.3 Å². The monoisotopic (exact) mass is 234 g/mol. The van der Waals surface area contributed by atoms with Crippen molar-refractivity contribution >= 4 is 27.3 Å². The van der Waals surface area contributed by atoms with Crippen molar-refractivity contribution in [3.05, 3.63) is 34.5 Å². The van der Waals surface area contributed by atoms with Crippen molar-refractivity contribution in [2.75, 3.05) is 13.1 Å². The van der Waals surface area contributed by atoms with E-state index in [9.17, 15) is 4.39 Å². The first kappa shape index (κ1) is 9.78. The van der Waals surface area contributed by atoms with Crippen LogP contribution in [0.3, 0.4) is 0 Å². The minimum Gasteiger partial charge on any atom is -0.368 e. The Bertz CT molecular complexity index is 586. The average molecular weight is 234 g/mol. The molecular weight excluding hydrogens is 223 g/mol. The summed E-state index contributed by atoms with van der Waals surface area (Å²) in [7, 11) is 0. The normalized spacial score (nSPS) is 15.2. The smallest absolute Gasteiger partial charge is 0.130 e. The molecule has 3 rings (SSSR count). The van der Waals surface area contributed by atoms with E-state index >= 15 is 0 Å². The van der Waals surface area contributed by atoms with Crippen LogP contribution in [0.15, 0.2) is 23.2 Å². The van der Waals surface area contributed by atoms with Gasteiger partial charge in [0.25, 0.3) is 0 Å². The summed E-state index contributed by atoms with van der Waals surface area (Å²) < 4.78 is 14.4. The van der Waals surface area contributed by atoms with Crippen LogP contribution in [0.4, 0.5) is 4.39 Å². The standard InChI is InChI=1S/C12H11FN2S/c1-7-11(12-14-4-5-15-12)9-6-8(13)2-3-10(9)16-7/h2-3,6H,4-5H2,1H3,(H,14,15). The van der Waals surface area contributed by atoms with Gasteiger partial charge in [0.1, 0.15) is 11.7 Å². The van der Waals surface area contributed by atoms with Gasteiger partial charge in [0.05, 0.1) is 6.54 Å². The van der Waals surface area contributed by atoms with Gasteiger partial charge in [-0.2, -0.15) is 0 Å². The first-order chi connectivity index (χ1) is 7.75. The molecule has 0 amide bonds. The quantitative estimate of drug-likeness (QED) is 0.806. The van der Waals surface area contributed by atoms with Crippen molar-refractivity contribution in [2.45, 2.75) is 6.92 Å². The number of amidine groups is 1. The van der Waals surface area contributed by atoms with Gasteiger partial charge in [-0.3, -0.25) is 4.99 Å². The van der Waals surface area contributed by atoms with Crippen LogP contribution < -0.4 is 5.32 Å². The van der Waals surface area contributed by atoms with E-state index in [1.807, 2.05) is 6.07 Å². The van der Waals surface area contributed by atoms with Gasteiger partial charge >= 0.3 is 0 Å². The maximum Gasteiger partial charge on any atom is 0.130 e. The van der Waals surface area contributed by atoms with E-state index in [4.69, 9.17) is 0 Å². The zero-order valence-electron chi connectivity index (χ0n) is 8.88. The first-order valence-electron chi connectivity index (χ1n) is 5.23. The van der Waals surface area contributed by atoms with E-state index in [1.165, 1.54) is 10.9 Å². The van der Waals surface area contributed by atoms with Crippen molar-refractivity contribution < 1.29 is 4.39 Å². The van der Waals surface area contributed by atoms with Crippen molar-refractivity contribution in [3.8, 4) is 0 Å². The number of hydrogen-bond donors (Lipinski definition) is 1. The predicted octanol–water partition coefficient (Wildman–Crippen LogP) is 2.70. The molecule has 0 unspecified atom stereocenters. The molecule has 0 saturated carbocycles. The fraction of sp³-hybridized carbons (Fsp3) is 0.250. The van der Waals surface area contributed by atoms with Gasteiger partial charge < -0.3 is 5.32 Å². The highest BCUT2D eigenvalue weighted by molar-refractivity contribution is 7.19. The number of aryl methyl sites for hydroxylation is 1. The minimum absolute atomic E-state index is 0.190. The summed E-state index contributed by atoms with van der Waals surface area (Å²) in [5.74, 6) is 0.722. The summed E-state index contributed by atoms with van der Waals surface area (Å²) in [5, 5.41) is 4.21. The van der Waals surface area contributed by atoms with Crippen LogP contribution in [0.2, 0.25) is 0 Å². The van der Waals surface area contributed by atoms with Crippen LogP contribution in [-0.2, 0) is 0 Å². The van der Waals surface area contributed by atoms with Gasteiger partial charge in [0, 0.05) is 27.1 Å². The van der Waals surface area contributed by atoms with Crippen LogP contribution >= 0.6 is 11.3 Å². The molecule has 1 aliphatic rings. The van der Waals surface area contributed by atoms with Crippen molar-refractivity contribution in [1.82, 2.24) is 5.32 Å². The number of thiophene rings is 1. The Balaban J connectivity index is 2.29. The molecule has 0 bridgehead atoms. The molecule has 4 heteroatoms. The maximum absolute atomic E-state index is 13.3. The molecule has 0 aliphatic carbocycles. The second-order valence-electron chi connectivity index (χ2n) is 3.83. The number of nitrogens with one attached hydrogen (secondary N) is 1. The number of nitrogens with zero attached hydrogens (tertiary/aromatic N) is 1. The van der Waals surface area contributed by atoms with E-state index in [2.05, 4.69) is 17.2 Å². The average Bonchev–Trinajstić information content (AvgIpc) is 2.83. The largest absolute Gasteiger partial charge is 0.368 e. The summed E-state index contributed by atoms with van der Waals surface area (Å²) in [6.07, 6.45) is 0. The lowest BCUT2D eigenvalue weighted by Gasteiger charge is -2.02. The van der Waals surface area contributed by atoms with Gasteiger partial charge in [0.15, 0.2) is 0 Å². The molecule has 2 heterocycles. The highest BCUT2D eigenvalue weighted by atomic mass is 32.1. The molecule has 1 N–H and O–H groups in total. The summed E-state index contributed by atoms with van der Waals surface area (Å²) in [5.41, 5.74) is 1.07. The zero-order valence-corrected chi connectivity index (χ0v) is 9.70. The Hall–Kier alpha value is -1.42. The number of halogens is 1. The van der Waals surface area contributed by atoms with Crippen LogP contribution in [0, 0.1) is 12.7 Å². The molecule has 0 saturated heterocycles. The number of aliphatic imine (C=N–C) groups is 1. The molecule has 2 nitrogen and oxygen atoms in total. The molecule has 0 fully saturated rings. The molecule has 1 aromatic carbocycles. The van der Waals surface area contributed by atoms with Gasteiger partial charge in [-0.1, -0.05) is 0 Å². The first-order valence-corrected chi connectivity index (χ1v) is 6.05.